The van der Waals surface area contributed by atoms with E-state index in [0.717, 1.165) is 5.56 Å². The number of benzene rings is 1. The Morgan fingerprint density at radius 2 is 1.82 bits per heavy atom. The van der Waals surface area contributed by atoms with E-state index in [-0.39, 0.29) is 36.3 Å². The molecule has 6 atom stereocenters. The number of carbonyl (C=O) groups is 3. The third-order valence-corrected chi connectivity index (χ3v) is 7.80. The first-order valence-electron chi connectivity index (χ1n) is 12.3. The van der Waals surface area contributed by atoms with Crippen LogP contribution in [0.1, 0.15) is 53.0 Å². The molecule has 3 aliphatic rings. The highest BCUT2D eigenvalue weighted by atomic mass is 16.5. The van der Waals surface area contributed by atoms with Crippen LogP contribution in [0.25, 0.3) is 0 Å². The molecule has 8 heteroatoms. The second-order valence-electron chi connectivity index (χ2n) is 10.8. The molecule has 1 aromatic rings. The third-order valence-electron chi connectivity index (χ3n) is 7.80. The zero-order chi connectivity index (χ0) is 24.8. The SMILES string of the molecule is CC(C)NC(=O)C1N([C@@H](CO)C(C)C)C(=O)[C@@H]2[C@H](C(=O)NCc3ccccc3)[C@]3(C)CCC12O3. The number of hydrogen-bond donors (Lipinski definition) is 3. The highest BCUT2D eigenvalue weighted by Crippen LogP contribution is 2.63. The molecule has 4 rings (SSSR count). The van der Waals surface area contributed by atoms with Crippen molar-refractivity contribution in [3.63, 3.8) is 0 Å². The molecule has 34 heavy (non-hydrogen) atoms. The van der Waals surface area contributed by atoms with Crippen LogP contribution in [-0.2, 0) is 25.7 Å². The summed E-state index contributed by atoms with van der Waals surface area (Å²) >= 11 is 0. The summed E-state index contributed by atoms with van der Waals surface area (Å²) in [6.07, 6.45) is 1.11. The molecule has 0 radical (unpaired) electrons. The molecule has 3 fully saturated rings. The van der Waals surface area contributed by atoms with E-state index >= 15 is 0 Å². The van der Waals surface area contributed by atoms with Gasteiger partial charge in [-0.2, -0.15) is 0 Å². The zero-order valence-electron chi connectivity index (χ0n) is 20.7. The fraction of sp³-hybridized carbons (Fsp3) is 0.654. The largest absolute Gasteiger partial charge is 0.394 e. The molecular formula is C26H37N3O5. The number of carbonyl (C=O) groups excluding carboxylic acids is 3. The van der Waals surface area contributed by atoms with Crippen molar-refractivity contribution in [3.8, 4) is 0 Å². The van der Waals surface area contributed by atoms with Gasteiger partial charge in [-0.05, 0) is 45.1 Å². The van der Waals surface area contributed by atoms with E-state index in [1.54, 1.807) is 0 Å². The number of likely N-dealkylation sites (tertiary alicyclic amines) is 1. The van der Waals surface area contributed by atoms with Crippen molar-refractivity contribution in [1.82, 2.24) is 15.5 Å². The van der Waals surface area contributed by atoms with Gasteiger partial charge in [-0.1, -0.05) is 44.2 Å². The molecule has 1 spiro atoms. The minimum atomic E-state index is -1.08. The van der Waals surface area contributed by atoms with Crippen LogP contribution in [-0.4, -0.2) is 63.7 Å². The fourth-order valence-electron chi connectivity index (χ4n) is 6.30. The van der Waals surface area contributed by atoms with Crippen molar-refractivity contribution in [2.45, 2.75) is 83.3 Å². The molecule has 0 aromatic heterocycles. The Labute approximate surface area is 201 Å². The van der Waals surface area contributed by atoms with E-state index in [4.69, 9.17) is 4.74 Å². The Morgan fingerprint density at radius 1 is 1.15 bits per heavy atom. The van der Waals surface area contributed by atoms with Gasteiger partial charge >= 0.3 is 0 Å². The number of rotatable bonds is 8. The topological polar surface area (TPSA) is 108 Å². The van der Waals surface area contributed by atoms with Crippen LogP contribution in [0.15, 0.2) is 30.3 Å². The van der Waals surface area contributed by atoms with Gasteiger partial charge in [0.05, 0.1) is 30.1 Å². The third kappa shape index (κ3) is 3.81. The minimum Gasteiger partial charge on any atom is -0.394 e. The lowest BCUT2D eigenvalue weighted by atomic mass is 9.66. The summed E-state index contributed by atoms with van der Waals surface area (Å²) in [7, 11) is 0. The van der Waals surface area contributed by atoms with E-state index in [0.29, 0.717) is 19.4 Å². The van der Waals surface area contributed by atoms with Crippen LogP contribution >= 0.6 is 0 Å². The predicted octanol–water partition coefficient (Wildman–Crippen LogP) is 1.61. The molecule has 3 aliphatic heterocycles. The summed E-state index contributed by atoms with van der Waals surface area (Å²) in [6.45, 7) is 9.55. The average molecular weight is 472 g/mol. The van der Waals surface area contributed by atoms with Gasteiger partial charge in [0.2, 0.25) is 17.7 Å². The maximum absolute atomic E-state index is 14.0. The number of hydrogen-bond acceptors (Lipinski definition) is 5. The molecule has 3 saturated heterocycles. The number of fused-ring (bicyclic) bond motifs is 1. The van der Waals surface area contributed by atoms with Gasteiger partial charge in [0.25, 0.3) is 0 Å². The maximum Gasteiger partial charge on any atom is 0.246 e. The number of amides is 3. The van der Waals surface area contributed by atoms with Crippen LogP contribution in [0.3, 0.4) is 0 Å². The molecule has 0 saturated carbocycles. The summed E-state index contributed by atoms with van der Waals surface area (Å²) in [5.41, 5.74) is -0.939. The zero-order valence-corrected chi connectivity index (χ0v) is 20.7. The molecule has 3 amide bonds. The van der Waals surface area contributed by atoms with Gasteiger partial charge < -0.3 is 25.4 Å². The standard InChI is InChI=1S/C26H37N3O5/c1-15(2)18(14-30)29-21(23(32)28-16(3)4)26-12-11-25(5,34-26)19(20(26)24(29)33)22(31)27-13-17-9-7-6-8-10-17/h6-10,15-16,18-21,30H,11-14H2,1-5H3,(H,27,31)(H,28,32)/t18-,19+,20-,21?,25-,26?/m0/s1. The van der Waals surface area contributed by atoms with Gasteiger partial charge in [0.15, 0.2) is 0 Å². The summed E-state index contributed by atoms with van der Waals surface area (Å²) in [6, 6.07) is 8.06. The molecule has 8 nitrogen and oxygen atoms in total. The van der Waals surface area contributed by atoms with Gasteiger partial charge in [-0.3, -0.25) is 14.4 Å². The molecule has 2 unspecified atom stereocenters. The lowest BCUT2D eigenvalue weighted by Gasteiger charge is -2.38. The Balaban J connectivity index is 1.70. The summed E-state index contributed by atoms with van der Waals surface area (Å²) < 4.78 is 6.58. The van der Waals surface area contributed by atoms with Crippen molar-refractivity contribution in [3.05, 3.63) is 35.9 Å². The van der Waals surface area contributed by atoms with Crippen LogP contribution in [0, 0.1) is 17.8 Å². The van der Waals surface area contributed by atoms with Gasteiger partial charge in [-0.15, -0.1) is 0 Å². The maximum atomic E-state index is 14.0. The summed E-state index contributed by atoms with van der Waals surface area (Å²) in [5, 5.41) is 16.1. The molecule has 3 N–H and O–H groups in total. The number of nitrogens with one attached hydrogen (secondary N) is 2. The second kappa shape index (κ2) is 8.96. The number of aliphatic hydroxyl groups is 1. The Hall–Kier alpha value is -2.45. The highest BCUT2D eigenvalue weighted by Gasteiger charge is 2.78. The average Bonchev–Trinajstić information content (AvgIpc) is 3.34. The van der Waals surface area contributed by atoms with Crippen molar-refractivity contribution in [1.29, 1.82) is 0 Å². The van der Waals surface area contributed by atoms with Crippen LogP contribution < -0.4 is 10.6 Å². The monoisotopic (exact) mass is 471 g/mol. The fourth-order valence-corrected chi connectivity index (χ4v) is 6.30. The van der Waals surface area contributed by atoms with E-state index < -0.39 is 35.1 Å². The Morgan fingerprint density at radius 3 is 2.41 bits per heavy atom. The molecule has 186 valence electrons. The van der Waals surface area contributed by atoms with Crippen molar-refractivity contribution >= 4 is 17.7 Å². The molecule has 2 bridgehead atoms. The van der Waals surface area contributed by atoms with Gasteiger partial charge in [-0.25, -0.2) is 0 Å². The predicted molar refractivity (Wildman–Crippen MR) is 126 cm³/mol. The quantitative estimate of drug-likeness (QED) is 0.534. The first-order chi connectivity index (χ1) is 16.1. The van der Waals surface area contributed by atoms with Crippen LogP contribution in [0.4, 0.5) is 0 Å². The minimum absolute atomic E-state index is 0.0725. The lowest BCUT2D eigenvalue weighted by molar-refractivity contribution is -0.151. The molecular weight excluding hydrogens is 434 g/mol. The summed E-state index contributed by atoms with van der Waals surface area (Å²) in [4.78, 5) is 42.5. The number of aliphatic hydroxyl groups excluding tert-OH is 1. The molecule has 0 aliphatic carbocycles. The van der Waals surface area contributed by atoms with Gasteiger partial charge in [0, 0.05) is 12.6 Å². The van der Waals surface area contributed by atoms with Crippen LogP contribution in [0.5, 0.6) is 0 Å². The van der Waals surface area contributed by atoms with E-state index in [1.807, 2.05) is 65.0 Å². The molecule has 3 heterocycles. The van der Waals surface area contributed by atoms with Crippen LogP contribution in [0.2, 0.25) is 0 Å². The normalized spacial score (nSPS) is 32.9. The van der Waals surface area contributed by atoms with E-state index in [9.17, 15) is 19.5 Å². The summed E-state index contributed by atoms with van der Waals surface area (Å²) in [5.74, 6) is -2.35. The van der Waals surface area contributed by atoms with Gasteiger partial charge in [0.1, 0.15) is 11.6 Å². The van der Waals surface area contributed by atoms with Crippen molar-refractivity contribution in [2.75, 3.05) is 6.61 Å². The van der Waals surface area contributed by atoms with E-state index in [1.165, 1.54) is 4.90 Å². The first-order valence-corrected chi connectivity index (χ1v) is 12.3. The number of nitrogens with zero attached hydrogens (tertiary/aromatic N) is 1. The molecule has 1 aromatic carbocycles. The van der Waals surface area contributed by atoms with E-state index in [2.05, 4.69) is 10.6 Å². The number of ether oxygens (including phenoxy) is 1. The van der Waals surface area contributed by atoms with Crippen molar-refractivity contribution < 1.29 is 24.2 Å². The van der Waals surface area contributed by atoms with Crippen molar-refractivity contribution in [2.24, 2.45) is 17.8 Å². The second-order valence-corrected chi connectivity index (χ2v) is 10.8. The highest BCUT2D eigenvalue weighted by molar-refractivity contribution is 5.99. The smallest absolute Gasteiger partial charge is 0.246 e. The first kappa shape index (κ1) is 24.7. The lowest BCUT2D eigenvalue weighted by Crippen LogP contribution is -2.59. The Bertz CT molecular complexity index is 951. The Kier molecular flexibility index (Phi) is 6.50.